The summed E-state index contributed by atoms with van der Waals surface area (Å²) in [6, 6.07) is 9.54. The molecule has 1 aliphatic rings. The van der Waals surface area contributed by atoms with Gasteiger partial charge in [0.15, 0.2) is 0 Å². The molecule has 2 aromatic rings. The normalized spacial score (nSPS) is 14.7. The minimum Gasteiger partial charge on any atom is -0.267 e. The zero-order valence-corrected chi connectivity index (χ0v) is 19.9. The summed E-state index contributed by atoms with van der Waals surface area (Å²) >= 11 is 0. The molecule has 12 heteroatoms. The first-order chi connectivity index (χ1) is 15.6. The predicted molar refractivity (Wildman–Crippen MR) is 121 cm³/mol. The van der Waals surface area contributed by atoms with Crippen LogP contribution in [-0.2, 0) is 20.0 Å². The zero-order valence-electron chi connectivity index (χ0n) is 18.3. The van der Waals surface area contributed by atoms with Crippen molar-refractivity contribution in [1.82, 2.24) is 19.9 Å². The molecule has 0 spiro atoms. The summed E-state index contributed by atoms with van der Waals surface area (Å²) in [4.78, 5) is 25.0. The number of hydrogen-bond donors (Lipinski definition) is 3. The van der Waals surface area contributed by atoms with Crippen LogP contribution in [0.5, 0.6) is 0 Å². The molecule has 0 aliphatic carbocycles. The lowest BCUT2D eigenvalue weighted by atomic mass is 10.1. The zero-order chi connectivity index (χ0) is 24.2. The van der Waals surface area contributed by atoms with Gasteiger partial charge in [0.05, 0.1) is 9.79 Å². The highest BCUT2D eigenvalue weighted by Gasteiger charge is 2.27. The number of aryl methyl sites for hydroxylation is 1. The lowest BCUT2D eigenvalue weighted by Crippen LogP contribution is -2.42. The van der Waals surface area contributed by atoms with Crippen LogP contribution in [0.4, 0.5) is 0 Å². The summed E-state index contributed by atoms with van der Waals surface area (Å²) in [5.74, 6) is -1.34. The van der Waals surface area contributed by atoms with Crippen LogP contribution in [0.25, 0.3) is 0 Å². The Morgan fingerprint density at radius 1 is 0.879 bits per heavy atom. The van der Waals surface area contributed by atoms with E-state index in [0.717, 1.165) is 12.8 Å². The van der Waals surface area contributed by atoms with E-state index in [1.807, 2.05) is 0 Å². The van der Waals surface area contributed by atoms with Crippen LogP contribution in [0.15, 0.2) is 52.3 Å². The lowest BCUT2D eigenvalue weighted by molar-refractivity contribution is 0.0846. The molecule has 10 nitrogen and oxygen atoms in total. The van der Waals surface area contributed by atoms with Crippen LogP contribution in [0, 0.1) is 6.92 Å². The van der Waals surface area contributed by atoms with Crippen LogP contribution in [0.3, 0.4) is 0 Å². The van der Waals surface area contributed by atoms with Crippen molar-refractivity contribution in [3.05, 3.63) is 59.2 Å². The molecule has 0 bridgehead atoms. The molecular weight excluding hydrogens is 468 g/mol. The van der Waals surface area contributed by atoms with Crippen molar-refractivity contribution in [2.45, 2.75) is 36.5 Å². The van der Waals surface area contributed by atoms with Crippen LogP contribution < -0.4 is 15.6 Å². The molecule has 0 atom stereocenters. The minimum absolute atomic E-state index is 0.0683. The van der Waals surface area contributed by atoms with E-state index >= 15 is 0 Å². The quantitative estimate of drug-likeness (QED) is 0.493. The van der Waals surface area contributed by atoms with Gasteiger partial charge >= 0.3 is 0 Å². The highest BCUT2D eigenvalue weighted by atomic mass is 32.2. The number of carbonyl (C=O) groups excluding carboxylic acids is 2. The van der Waals surface area contributed by atoms with Crippen molar-refractivity contribution in [2.24, 2.45) is 0 Å². The molecule has 1 fully saturated rings. The van der Waals surface area contributed by atoms with Crippen molar-refractivity contribution in [1.29, 1.82) is 0 Å². The second-order valence-corrected chi connectivity index (χ2v) is 11.2. The highest BCUT2D eigenvalue weighted by molar-refractivity contribution is 7.89. The molecule has 33 heavy (non-hydrogen) atoms. The molecule has 0 unspecified atom stereocenters. The second-order valence-electron chi connectivity index (χ2n) is 7.52. The Kier molecular flexibility index (Phi) is 7.52. The molecule has 0 aromatic heterocycles. The Morgan fingerprint density at radius 2 is 1.45 bits per heavy atom. The molecule has 2 aromatic carbocycles. The van der Waals surface area contributed by atoms with Gasteiger partial charge in [0.1, 0.15) is 0 Å². The first-order valence-electron chi connectivity index (χ1n) is 10.4. The molecule has 2 amide bonds. The topological polar surface area (TPSA) is 142 Å². The van der Waals surface area contributed by atoms with Crippen LogP contribution in [-0.4, -0.2) is 52.6 Å². The van der Waals surface area contributed by atoms with Crippen molar-refractivity contribution >= 4 is 31.9 Å². The number of benzene rings is 2. The third-order valence-corrected chi connectivity index (χ3v) is 8.66. The van der Waals surface area contributed by atoms with Gasteiger partial charge in [-0.25, -0.2) is 21.6 Å². The van der Waals surface area contributed by atoms with Crippen molar-refractivity contribution < 1.29 is 26.4 Å². The van der Waals surface area contributed by atoms with E-state index in [1.165, 1.54) is 46.8 Å². The fraction of sp³-hybridized carbons (Fsp3) is 0.333. The Morgan fingerprint density at radius 3 is 2.06 bits per heavy atom. The fourth-order valence-electron chi connectivity index (χ4n) is 3.40. The van der Waals surface area contributed by atoms with E-state index in [9.17, 15) is 26.4 Å². The van der Waals surface area contributed by atoms with E-state index in [0.29, 0.717) is 18.7 Å². The fourth-order valence-corrected chi connectivity index (χ4v) is 5.98. The maximum Gasteiger partial charge on any atom is 0.270 e. The van der Waals surface area contributed by atoms with E-state index in [-0.39, 0.29) is 27.5 Å². The Labute approximate surface area is 193 Å². The van der Waals surface area contributed by atoms with Gasteiger partial charge in [0.25, 0.3) is 11.8 Å². The predicted octanol–water partition coefficient (Wildman–Crippen LogP) is 1.15. The first-order valence-corrected chi connectivity index (χ1v) is 13.3. The van der Waals surface area contributed by atoms with E-state index in [1.54, 1.807) is 13.8 Å². The van der Waals surface area contributed by atoms with E-state index in [4.69, 9.17) is 0 Å². The minimum atomic E-state index is -3.75. The van der Waals surface area contributed by atoms with Crippen molar-refractivity contribution in [2.75, 3.05) is 19.6 Å². The first kappa shape index (κ1) is 24.8. The van der Waals surface area contributed by atoms with Gasteiger partial charge in [-0.3, -0.25) is 20.4 Å². The largest absolute Gasteiger partial charge is 0.270 e. The summed E-state index contributed by atoms with van der Waals surface area (Å²) in [6.07, 6.45) is 1.64. The third kappa shape index (κ3) is 5.58. The standard InChI is InChI=1S/C21H26N4O6S2/c1-3-22-32(28,29)18-9-6-15(2)19(14-18)21(27)24-23-20(26)16-7-10-17(11-8-16)33(30,31)25-12-4-5-13-25/h6-11,14,22H,3-5,12-13H2,1-2H3,(H,23,26)(H,24,27). The van der Waals surface area contributed by atoms with Gasteiger partial charge in [-0.1, -0.05) is 13.0 Å². The molecule has 3 rings (SSSR count). The number of sulfonamides is 2. The molecule has 0 saturated carbocycles. The van der Waals surface area contributed by atoms with Gasteiger partial charge in [0, 0.05) is 30.8 Å². The molecule has 178 valence electrons. The van der Waals surface area contributed by atoms with E-state index < -0.39 is 31.9 Å². The molecule has 0 radical (unpaired) electrons. The van der Waals surface area contributed by atoms with Crippen LogP contribution in [0.1, 0.15) is 46.0 Å². The number of hydrazine groups is 1. The number of nitrogens with zero attached hydrogens (tertiary/aromatic N) is 1. The summed E-state index contributed by atoms with van der Waals surface area (Å²) in [6.45, 7) is 4.44. The average molecular weight is 495 g/mol. The smallest absolute Gasteiger partial charge is 0.267 e. The maximum absolute atomic E-state index is 12.6. The third-order valence-electron chi connectivity index (χ3n) is 5.21. The highest BCUT2D eigenvalue weighted by Crippen LogP contribution is 2.21. The number of rotatable bonds is 7. The number of hydrogen-bond acceptors (Lipinski definition) is 6. The molecule has 1 heterocycles. The van der Waals surface area contributed by atoms with Crippen molar-refractivity contribution in [3.63, 3.8) is 0 Å². The van der Waals surface area contributed by atoms with Crippen molar-refractivity contribution in [3.8, 4) is 0 Å². The summed E-state index contributed by atoms with van der Waals surface area (Å²) in [7, 11) is -7.34. The SMILES string of the molecule is CCNS(=O)(=O)c1ccc(C)c(C(=O)NNC(=O)c2ccc(S(=O)(=O)N3CCCC3)cc2)c1. The van der Waals surface area contributed by atoms with Gasteiger partial charge in [-0.15, -0.1) is 0 Å². The molecule has 1 saturated heterocycles. The van der Waals surface area contributed by atoms with E-state index in [2.05, 4.69) is 15.6 Å². The molecule has 3 N–H and O–H groups in total. The number of amides is 2. The van der Waals surface area contributed by atoms with Gasteiger partial charge in [-0.2, -0.15) is 4.31 Å². The van der Waals surface area contributed by atoms with Crippen LogP contribution >= 0.6 is 0 Å². The summed E-state index contributed by atoms with van der Waals surface area (Å²) in [5.41, 5.74) is 5.27. The second kappa shape index (κ2) is 10.00. The number of nitrogens with one attached hydrogen (secondary N) is 3. The molecular formula is C21H26N4O6S2. The summed E-state index contributed by atoms with van der Waals surface area (Å²) in [5, 5.41) is 0. The maximum atomic E-state index is 12.6. The number of carbonyl (C=O) groups is 2. The Balaban J connectivity index is 1.68. The Bertz CT molecular complexity index is 1250. The average Bonchev–Trinajstić information content (AvgIpc) is 3.33. The Hall–Kier alpha value is -2.80. The van der Waals surface area contributed by atoms with Gasteiger partial charge in [-0.05, 0) is 61.7 Å². The lowest BCUT2D eigenvalue weighted by Gasteiger charge is -2.15. The van der Waals surface area contributed by atoms with Crippen LogP contribution in [0.2, 0.25) is 0 Å². The summed E-state index contributed by atoms with van der Waals surface area (Å²) < 4.78 is 53.3. The molecule has 1 aliphatic heterocycles. The van der Waals surface area contributed by atoms with Gasteiger partial charge < -0.3 is 0 Å². The monoisotopic (exact) mass is 494 g/mol. The van der Waals surface area contributed by atoms with Gasteiger partial charge in [0.2, 0.25) is 20.0 Å².